The van der Waals surface area contributed by atoms with Crippen molar-refractivity contribution >= 4 is 41.6 Å². The van der Waals surface area contributed by atoms with Gasteiger partial charge in [-0.25, -0.2) is 0 Å². The summed E-state index contributed by atoms with van der Waals surface area (Å²) in [6, 6.07) is 5.08. The number of carbonyl (C=O) groups is 1. The summed E-state index contributed by atoms with van der Waals surface area (Å²) in [6.45, 7) is 2.00. The maximum absolute atomic E-state index is 11.3. The molecule has 0 saturated heterocycles. The molecule has 3 nitrogen and oxygen atoms in total. The first-order valence-corrected chi connectivity index (χ1v) is 6.61. The number of halogens is 3. The van der Waals surface area contributed by atoms with Crippen LogP contribution in [0.3, 0.4) is 0 Å². The van der Waals surface area contributed by atoms with E-state index in [2.05, 4.69) is 0 Å². The Bertz CT molecular complexity index is 440. The molecule has 1 aromatic carbocycles. The van der Waals surface area contributed by atoms with Crippen LogP contribution in [0.15, 0.2) is 18.2 Å². The quantitative estimate of drug-likeness (QED) is 0.832. The van der Waals surface area contributed by atoms with Crippen molar-refractivity contribution in [1.29, 1.82) is 0 Å². The van der Waals surface area contributed by atoms with Gasteiger partial charge in [0, 0.05) is 6.42 Å². The summed E-state index contributed by atoms with van der Waals surface area (Å²) in [6.07, 6.45) is 2.38. The van der Waals surface area contributed by atoms with E-state index in [1.807, 2.05) is 6.92 Å². The lowest BCUT2D eigenvalue weighted by atomic mass is 9.87. The number of hydrogen-bond acceptors (Lipinski definition) is 2. The Hall–Kier alpha value is -0.480. The highest BCUT2D eigenvalue weighted by Crippen LogP contribution is 2.25. The number of aliphatic carboxylic acids is 1. The molecular weight excluding hydrogens is 309 g/mol. The predicted molar refractivity (Wildman–Crippen MR) is 81.5 cm³/mol. The molecule has 0 aliphatic carbocycles. The molecule has 1 atom stereocenters. The van der Waals surface area contributed by atoms with Crippen molar-refractivity contribution in [3.63, 3.8) is 0 Å². The van der Waals surface area contributed by atoms with Gasteiger partial charge in [0.25, 0.3) is 0 Å². The molecule has 0 heterocycles. The van der Waals surface area contributed by atoms with Gasteiger partial charge in [-0.15, -0.1) is 12.4 Å². The van der Waals surface area contributed by atoms with Gasteiger partial charge in [0.1, 0.15) is 5.54 Å². The highest BCUT2D eigenvalue weighted by atomic mass is 35.5. The number of carboxylic acid groups (broad SMARTS) is 1. The Morgan fingerprint density at radius 3 is 2.47 bits per heavy atom. The van der Waals surface area contributed by atoms with E-state index in [1.54, 1.807) is 18.2 Å². The summed E-state index contributed by atoms with van der Waals surface area (Å²) in [4.78, 5) is 11.3. The molecule has 3 N–H and O–H groups in total. The zero-order chi connectivity index (χ0) is 13.8. The van der Waals surface area contributed by atoms with Crippen molar-refractivity contribution in [3.8, 4) is 0 Å². The van der Waals surface area contributed by atoms with E-state index in [1.165, 1.54) is 0 Å². The normalized spacial score (nSPS) is 13.5. The van der Waals surface area contributed by atoms with Gasteiger partial charge in [0.2, 0.25) is 0 Å². The Balaban J connectivity index is 0.00000324. The third kappa shape index (κ3) is 5.19. The van der Waals surface area contributed by atoms with Crippen LogP contribution in [-0.4, -0.2) is 16.6 Å². The number of unbranched alkanes of at least 4 members (excludes halogenated alkanes) is 1. The van der Waals surface area contributed by atoms with Gasteiger partial charge in [-0.1, -0.05) is 49.0 Å². The smallest absolute Gasteiger partial charge is 0.324 e. The maximum Gasteiger partial charge on any atom is 0.324 e. The van der Waals surface area contributed by atoms with Crippen LogP contribution in [0.25, 0.3) is 0 Å². The minimum atomic E-state index is -1.24. The largest absolute Gasteiger partial charge is 0.480 e. The summed E-state index contributed by atoms with van der Waals surface area (Å²) < 4.78 is 0. The molecule has 0 aromatic heterocycles. The lowest BCUT2D eigenvalue weighted by Gasteiger charge is -2.24. The molecule has 19 heavy (non-hydrogen) atoms. The number of carboxylic acids is 1. The van der Waals surface area contributed by atoms with Crippen molar-refractivity contribution in [1.82, 2.24) is 0 Å². The molecule has 0 unspecified atom stereocenters. The molecule has 1 aromatic rings. The molecule has 108 valence electrons. The lowest BCUT2D eigenvalue weighted by molar-refractivity contribution is -0.143. The number of benzene rings is 1. The van der Waals surface area contributed by atoms with E-state index in [4.69, 9.17) is 28.9 Å². The van der Waals surface area contributed by atoms with Crippen molar-refractivity contribution in [2.45, 2.75) is 38.1 Å². The minimum Gasteiger partial charge on any atom is -0.480 e. The highest BCUT2D eigenvalue weighted by molar-refractivity contribution is 6.42. The Labute approximate surface area is 129 Å². The molecule has 6 heteroatoms. The molecule has 0 spiro atoms. The monoisotopic (exact) mass is 325 g/mol. The summed E-state index contributed by atoms with van der Waals surface area (Å²) in [5.41, 5.74) is 5.51. The Morgan fingerprint density at radius 2 is 2.00 bits per heavy atom. The SMILES string of the molecule is CCCC[C@](N)(Cc1ccc(Cl)c(Cl)c1)C(=O)O.Cl. The highest BCUT2D eigenvalue weighted by Gasteiger charge is 2.33. The second kappa shape index (κ2) is 7.95. The van der Waals surface area contributed by atoms with E-state index in [9.17, 15) is 9.90 Å². The first-order chi connectivity index (χ1) is 8.39. The summed E-state index contributed by atoms with van der Waals surface area (Å²) >= 11 is 11.7. The molecular formula is C13H18Cl3NO2. The van der Waals surface area contributed by atoms with Crippen LogP contribution in [0.1, 0.15) is 31.7 Å². The zero-order valence-electron chi connectivity index (χ0n) is 10.7. The summed E-state index contributed by atoms with van der Waals surface area (Å²) in [5, 5.41) is 10.1. The third-order valence-corrected chi connectivity index (χ3v) is 3.64. The van der Waals surface area contributed by atoms with Crippen molar-refractivity contribution < 1.29 is 9.90 Å². The fraction of sp³-hybridized carbons (Fsp3) is 0.462. The van der Waals surface area contributed by atoms with Gasteiger partial charge < -0.3 is 10.8 Å². The molecule has 0 aliphatic rings. The molecule has 1 rings (SSSR count). The van der Waals surface area contributed by atoms with Crippen molar-refractivity contribution in [2.24, 2.45) is 5.73 Å². The molecule has 0 saturated carbocycles. The molecule has 0 bridgehead atoms. The average molecular weight is 327 g/mol. The van der Waals surface area contributed by atoms with E-state index < -0.39 is 11.5 Å². The fourth-order valence-electron chi connectivity index (χ4n) is 1.78. The fourth-order valence-corrected chi connectivity index (χ4v) is 2.10. The van der Waals surface area contributed by atoms with E-state index in [0.29, 0.717) is 16.5 Å². The van der Waals surface area contributed by atoms with Gasteiger partial charge in [-0.3, -0.25) is 4.79 Å². The first-order valence-electron chi connectivity index (χ1n) is 5.85. The van der Waals surface area contributed by atoms with Crippen LogP contribution in [-0.2, 0) is 11.2 Å². The van der Waals surface area contributed by atoms with E-state index in [-0.39, 0.29) is 18.8 Å². The van der Waals surface area contributed by atoms with Gasteiger partial charge >= 0.3 is 5.97 Å². The van der Waals surface area contributed by atoms with Crippen LogP contribution in [0.4, 0.5) is 0 Å². The second-order valence-electron chi connectivity index (χ2n) is 4.49. The molecule has 0 amide bonds. The topological polar surface area (TPSA) is 63.3 Å². The lowest BCUT2D eigenvalue weighted by Crippen LogP contribution is -2.49. The van der Waals surface area contributed by atoms with E-state index >= 15 is 0 Å². The number of rotatable bonds is 6. The third-order valence-electron chi connectivity index (χ3n) is 2.91. The van der Waals surface area contributed by atoms with Crippen LogP contribution < -0.4 is 5.73 Å². The zero-order valence-corrected chi connectivity index (χ0v) is 13.0. The Morgan fingerprint density at radius 1 is 1.37 bits per heavy atom. The molecule has 0 aliphatic heterocycles. The minimum absolute atomic E-state index is 0. The number of nitrogens with two attached hydrogens (primary N) is 1. The number of hydrogen-bond donors (Lipinski definition) is 2. The maximum atomic E-state index is 11.3. The summed E-state index contributed by atoms with van der Waals surface area (Å²) in [7, 11) is 0. The van der Waals surface area contributed by atoms with Crippen molar-refractivity contribution in [3.05, 3.63) is 33.8 Å². The predicted octanol–water partition coefficient (Wildman–Crippen LogP) is 3.93. The van der Waals surface area contributed by atoms with Crippen molar-refractivity contribution in [2.75, 3.05) is 0 Å². The molecule has 0 radical (unpaired) electrons. The van der Waals surface area contributed by atoms with Crippen LogP contribution >= 0.6 is 35.6 Å². The standard InChI is InChI=1S/C13H17Cl2NO2.ClH/c1-2-3-6-13(16,12(17)18)8-9-4-5-10(14)11(15)7-9;/h4-5,7H,2-3,6,8,16H2,1H3,(H,17,18);1H/t13-;/m0./s1. The van der Waals surface area contributed by atoms with Crippen LogP contribution in [0.2, 0.25) is 10.0 Å². The average Bonchev–Trinajstić information content (AvgIpc) is 2.31. The first kappa shape index (κ1) is 18.5. The van der Waals surface area contributed by atoms with Gasteiger partial charge in [0.15, 0.2) is 0 Å². The summed E-state index contributed by atoms with van der Waals surface area (Å²) in [5.74, 6) is -0.984. The van der Waals surface area contributed by atoms with Gasteiger partial charge in [0.05, 0.1) is 10.0 Å². The van der Waals surface area contributed by atoms with Crippen LogP contribution in [0.5, 0.6) is 0 Å². The van der Waals surface area contributed by atoms with Gasteiger partial charge in [-0.05, 0) is 24.1 Å². The van der Waals surface area contributed by atoms with Crippen LogP contribution in [0, 0.1) is 0 Å². The van der Waals surface area contributed by atoms with Gasteiger partial charge in [-0.2, -0.15) is 0 Å². The van der Waals surface area contributed by atoms with E-state index in [0.717, 1.165) is 18.4 Å². The molecule has 0 fully saturated rings. The second-order valence-corrected chi connectivity index (χ2v) is 5.30. The Kier molecular flexibility index (Phi) is 7.75.